The fourth-order valence-electron chi connectivity index (χ4n) is 2.86. The zero-order valence-electron chi connectivity index (χ0n) is 15.2. The molecule has 0 aliphatic heterocycles. The summed E-state index contributed by atoms with van der Waals surface area (Å²) in [5.41, 5.74) is 2.60. The lowest BCUT2D eigenvalue weighted by Crippen LogP contribution is -2.26. The molecular weight excluding hydrogens is 344 g/mol. The molecule has 0 unspecified atom stereocenters. The number of nitrogens with zero attached hydrogens (tertiary/aromatic N) is 6. The molecule has 8 nitrogen and oxygen atoms in total. The van der Waals surface area contributed by atoms with Crippen LogP contribution in [0.4, 0.5) is 0 Å². The van der Waals surface area contributed by atoms with Crippen molar-refractivity contribution in [3.8, 4) is 11.5 Å². The number of amides is 1. The molecule has 0 aliphatic rings. The summed E-state index contributed by atoms with van der Waals surface area (Å²) in [6.45, 7) is 2.08. The third-order valence-electron chi connectivity index (χ3n) is 4.42. The topological polar surface area (TPSA) is 89.9 Å². The molecule has 0 radical (unpaired) electrons. The largest absolute Gasteiger partial charge is 0.419 e. The van der Waals surface area contributed by atoms with Crippen molar-refractivity contribution >= 4 is 17.1 Å². The first kappa shape index (κ1) is 16.9. The van der Waals surface area contributed by atoms with Crippen molar-refractivity contribution in [3.63, 3.8) is 0 Å². The summed E-state index contributed by atoms with van der Waals surface area (Å²) >= 11 is 0. The molecule has 0 spiro atoms. The highest BCUT2D eigenvalue weighted by Gasteiger charge is 2.20. The minimum absolute atomic E-state index is 0.181. The van der Waals surface area contributed by atoms with Gasteiger partial charge in [0.1, 0.15) is 11.3 Å². The highest BCUT2D eigenvalue weighted by molar-refractivity contribution is 6.03. The zero-order chi connectivity index (χ0) is 19.0. The Morgan fingerprint density at radius 2 is 1.96 bits per heavy atom. The zero-order valence-corrected chi connectivity index (χ0v) is 15.2. The smallest absolute Gasteiger partial charge is 0.256 e. The Balaban J connectivity index is 1.57. The summed E-state index contributed by atoms with van der Waals surface area (Å²) in [6.07, 6.45) is 1.62. The van der Waals surface area contributed by atoms with E-state index in [0.717, 1.165) is 11.4 Å². The van der Waals surface area contributed by atoms with Gasteiger partial charge in [0.15, 0.2) is 5.65 Å². The lowest BCUT2D eigenvalue weighted by Gasteiger charge is -2.15. The lowest BCUT2D eigenvalue weighted by molar-refractivity contribution is 0.0775. The molecule has 27 heavy (non-hydrogen) atoms. The van der Waals surface area contributed by atoms with Gasteiger partial charge in [-0.15, -0.1) is 10.2 Å². The van der Waals surface area contributed by atoms with Gasteiger partial charge in [-0.2, -0.15) is 0 Å². The summed E-state index contributed by atoms with van der Waals surface area (Å²) < 4.78 is 7.55. The molecule has 4 aromatic rings. The van der Waals surface area contributed by atoms with Gasteiger partial charge in [0.05, 0.1) is 12.1 Å². The summed E-state index contributed by atoms with van der Waals surface area (Å²) in [6, 6.07) is 11.2. The number of carbonyl (C=O) groups is 1. The van der Waals surface area contributed by atoms with Crippen LogP contribution in [-0.4, -0.2) is 42.6 Å². The van der Waals surface area contributed by atoms with E-state index in [1.807, 2.05) is 48.9 Å². The van der Waals surface area contributed by atoms with Crippen LogP contribution in [0.5, 0.6) is 0 Å². The normalized spacial score (nSPS) is 11.1. The van der Waals surface area contributed by atoms with Gasteiger partial charge in [-0.25, -0.2) is 9.97 Å². The van der Waals surface area contributed by atoms with Crippen LogP contribution in [-0.2, 0) is 13.6 Å². The Hall–Kier alpha value is -3.55. The van der Waals surface area contributed by atoms with Crippen molar-refractivity contribution in [1.82, 2.24) is 29.6 Å². The number of hydrogen-bond donors (Lipinski definition) is 0. The molecule has 0 saturated heterocycles. The Labute approximate surface area is 155 Å². The van der Waals surface area contributed by atoms with E-state index in [2.05, 4.69) is 20.2 Å². The van der Waals surface area contributed by atoms with E-state index in [9.17, 15) is 4.79 Å². The molecule has 0 saturated carbocycles. The summed E-state index contributed by atoms with van der Waals surface area (Å²) in [5, 5.41) is 8.10. The Kier molecular flexibility index (Phi) is 4.15. The number of benzene rings is 1. The number of aryl methyl sites for hydroxylation is 2. The standard InChI is InChI=1S/C19H18N6O2/c1-12-21-16-14(9-10-20-17(16)25(12)3)19(26)24(2)11-15-22-23-18(27-15)13-7-5-4-6-8-13/h4-10H,11H2,1-3H3. The summed E-state index contributed by atoms with van der Waals surface area (Å²) in [4.78, 5) is 23.2. The highest BCUT2D eigenvalue weighted by atomic mass is 16.4. The van der Waals surface area contributed by atoms with E-state index in [1.54, 1.807) is 19.3 Å². The molecule has 4 rings (SSSR count). The van der Waals surface area contributed by atoms with Gasteiger partial charge >= 0.3 is 0 Å². The quantitative estimate of drug-likeness (QED) is 0.554. The number of pyridine rings is 1. The van der Waals surface area contributed by atoms with Crippen molar-refractivity contribution in [3.05, 3.63) is 59.9 Å². The maximum Gasteiger partial charge on any atom is 0.256 e. The molecule has 1 aromatic carbocycles. The first-order valence-electron chi connectivity index (χ1n) is 8.46. The third kappa shape index (κ3) is 3.05. The minimum Gasteiger partial charge on any atom is -0.419 e. The lowest BCUT2D eigenvalue weighted by atomic mass is 10.2. The summed E-state index contributed by atoms with van der Waals surface area (Å²) in [5.74, 6) is 1.41. The molecule has 0 fully saturated rings. The van der Waals surface area contributed by atoms with Crippen molar-refractivity contribution in [2.75, 3.05) is 7.05 Å². The van der Waals surface area contributed by atoms with Gasteiger partial charge in [-0.05, 0) is 25.1 Å². The van der Waals surface area contributed by atoms with E-state index in [4.69, 9.17) is 4.42 Å². The van der Waals surface area contributed by atoms with Crippen molar-refractivity contribution in [2.45, 2.75) is 13.5 Å². The van der Waals surface area contributed by atoms with Crippen LogP contribution >= 0.6 is 0 Å². The second kappa shape index (κ2) is 6.64. The monoisotopic (exact) mass is 362 g/mol. The first-order valence-corrected chi connectivity index (χ1v) is 8.46. The average Bonchev–Trinajstić information content (AvgIpc) is 3.27. The molecule has 8 heteroatoms. The molecule has 0 aliphatic carbocycles. The maximum absolute atomic E-state index is 12.9. The van der Waals surface area contributed by atoms with Crippen LogP contribution in [0, 0.1) is 6.92 Å². The number of rotatable bonds is 4. The van der Waals surface area contributed by atoms with Crippen molar-refractivity contribution in [1.29, 1.82) is 0 Å². The predicted molar refractivity (Wildman–Crippen MR) is 98.8 cm³/mol. The second-order valence-corrected chi connectivity index (χ2v) is 6.28. The van der Waals surface area contributed by atoms with Crippen molar-refractivity contribution < 1.29 is 9.21 Å². The van der Waals surface area contributed by atoms with E-state index in [0.29, 0.717) is 28.5 Å². The highest BCUT2D eigenvalue weighted by Crippen LogP contribution is 2.20. The molecule has 3 heterocycles. The molecule has 0 bridgehead atoms. The SMILES string of the molecule is Cc1nc2c(C(=O)N(C)Cc3nnc(-c4ccccc4)o3)ccnc2n1C. The number of hydrogen-bond acceptors (Lipinski definition) is 6. The van der Waals surface area contributed by atoms with E-state index < -0.39 is 0 Å². The van der Waals surface area contributed by atoms with Gasteiger partial charge in [-0.1, -0.05) is 18.2 Å². The fraction of sp³-hybridized carbons (Fsp3) is 0.211. The third-order valence-corrected chi connectivity index (χ3v) is 4.42. The van der Waals surface area contributed by atoms with Crippen LogP contribution < -0.4 is 0 Å². The van der Waals surface area contributed by atoms with E-state index in [1.165, 1.54) is 4.90 Å². The fourth-order valence-corrected chi connectivity index (χ4v) is 2.86. The molecule has 0 N–H and O–H groups in total. The first-order chi connectivity index (χ1) is 13.0. The molecule has 1 amide bonds. The van der Waals surface area contributed by atoms with Crippen LogP contribution in [0.3, 0.4) is 0 Å². The Morgan fingerprint density at radius 1 is 1.19 bits per heavy atom. The maximum atomic E-state index is 12.9. The van der Waals surface area contributed by atoms with Gasteiger partial charge in [-0.3, -0.25) is 4.79 Å². The molecule has 136 valence electrons. The second-order valence-electron chi connectivity index (χ2n) is 6.28. The van der Waals surface area contributed by atoms with Gasteiger partial charge in [0, 0.05) is 25.9 Å². The van der Waals surface area contributed by atoms with Gasteiger partial charge in [0.25, 0.3) is 5.91 Å². The molecular formula is C19H18N6O2. The number of aromatic nitrogens is 5. The average molecular weight is 362 g/mol. The van der Waals surface area contributed by atoms with Gasteiger partial charge < -0.3 is 13.9 Å². The Bertz CT molecular complexity index is 1120. The van der Waals surface area contributed by atoms with Crippen LogP contribution in [0.1, 0.15) is 22.1 Å². The summed E-state index contributed by atoms with van der Waals surface area (Å²) in [7, 11) is 3.57. The number of imidazole rings is 1. The van der Waals surface area contributed by atoms with Crippen LogP contribution in [0.25, 0.3) is 22.6 Å². The predicted octanol–water partition coefficient (Wildman–Crippen LogP) is 2.60. The Morgan fingerprint density at radius 3 is 2.74 bits per heavy atom. The molecule has 3 aromatic heterocycles. The minimum atomic E-state index is -0.181. The number of carbonyl (C=O) groups excluding carboxylic acids is 1. The van der Waals surface area contributed by atoms with Crippen LogP contribution in [0.15, 0.2) is 47.0 Å². The van der Waals surface area contributed by atoms with Crippen LogP contribution in [0.2, 0.25) is 0 Å². The molecule has 0 atom stereocenters. The van der Waals surface area contributed by atoms with Crippen molar-refractivity contribution in [2.24, 2.45) is 7.05 Å². The van der Waals surface area contributed by atoms with E-state index >= 15 is 0 Å². The van der Waals surface area contributed by atoms with Gasteiger partial charge in [0.2, 0.25) is 11.8 Å². The number of fused-ring (bicyclic) bond motifs is 1. The van der Waals surface area contributed by atoms with E-state index in [-0.39, 0.29) is 12.5 Å².